The third-order valence-electron chi connectivity index (χ3n) is 4.57. The molecule has 1 atom stereocenters. The molecule has 0 bridgehead atoms. The van der Waals surface area contributed by atoms with Gasteiger partial charge in [0.15, 0.2) is 0 Å². The summed E-state index contributed by atoms with van der Waals surface area (Å²) >= 11 is 0. The van der Waals surface area contributed by atoms with Crippen molar-refractivity contribution in [3.63, 3.8) is 0 Å². The molecule has 3 N–H and O–H groups in total. The summed E-state index contributed by atoms with van der Waals surface area (Å²) in [6, 6.07) is 13.5. The van der Waals surface area contributed by atoms with Gasteiger partial charge in [0.2, 0.25) is 15.9 Å². The Labute approximate surface area is 164 Å². The maximum Gasteiger partial charge on any atom is 0.252 e. The normalized spacial score (nSPS) is 15.8. The van der Waals surface area contributed by atoms with Crippen LogP contribution in [-0.2, 0) is 14.8 Å². The molecule has 3 rings (SSSR count). The highest BCUT2D eigenvalue weighted by Crippen LogP contribution is 2.27. The number of hydrogen-bond donors (Lipinski definition) is 3. The quantitative estimate of drug-likeness (QED) is 0.585. The molecule has 148 valence electrons. The van der Waals surface area contributed by atoms with Crippen LogP contribution in [0.2, 0.25) is 0 Å². The number of benzene rings is 2. The minimum Gasteiger partial charge on any atom is -0.356 e. The maximum absolute atomic E-state index is 12.2. The SMILES string of the molecule is Cc1ccc(S(=O)(=O)NCCCNC(=O)CC2NC(=O)c3ccccc32)cc1. The Bertz CT molecular complexity index is 971. The fourth-order valence-electron chi connectivity index (χ4n) is 3.06. The minimum atomic E-state index is -3.55. The van der Waals surface area contributed by atoms with Crippen LogP contribution in [0.1, 0.15) is 40.4 Å². The summed E-state index contributed by atoms with van der Waals surface area (Å²) in [4.78, 5) is 24.2. The van der Waals surface area contributed by atoms with Crippen molar-refractivity contribution in [1.82, 2.24) is 15.4 Å². The predicted molar refractivity (Wildman–Crippen MR) is 105 cm³/mol. The highest BCUT2D eigenvalue weighted by atomic mass is 32.2. The fraction of sp³-hybridized carbons (Fsp3) is 0.300. The molecule has 1 aliphatic heterocycles. The molecule has 2 amide bonds. The molecular weight excluding hydrogens is 378 g/mol. The van der Waals surface area contributed by atoms with E-state index in [2.05, 4.69) is 15.4 Å². The van der Waals surface area contributed by atoms with Crippen molar-refractivity contribution in [1.29, 1.82) is 0 Å². The van der Waals surface area contributed by atoms with Crippen molar-refractivity contribution in [3.8, 4) is 0 Å². The van der Waals surface area contributed by atoms with Gasteiger partial charge in [0.25, 0.3) is 5.91 Å². The van der Waals surface area contributed by atoms with Crippen molar-refractivity contribution >= 4 is 21.8 Å². The Hall–Kier alpha value is -2.71. The molecule has 1 unspecified atom stereocenters. The van der Waals surface area contributed by atoms with E-state index in [0.717, 1.165) is 11.1 Å². The Morgan fingerprint density at radius 3 is 2.54 bits per heavy atom. The van der Waals surface area contributed by atoms with E-state index in [0.29, 0.717) is 18.5 Å². The molecule has 1 heterocycles. The number of hydrogen-bond acceptors (Lipinski definition) is 4. The first-order valence-electron chi connectivity index (χ1n) is 9.09. The first kappa shape index (κ1) is 20.0. The second-order valence-corrected chi connectivity index (χ2v) is 8.50. The molecule has 0 aliphatic carbocycles. The van der Waals surface area contributed by atoms with Gasteiger partial charge in [-0.2, -0.15) is 0 Å². The first-order chi connectivity index (χ1) is 13.4. The number of amides is 2. The standard InChI is InChI=1S/C20H23N3O4S/c1-14-7-9-15(10-8-14)28(26,27)22-12-4-11-21-19(24)13-18-16-5-2-3-6-17(16)20(25)23-18/h2-3,5-10,18,22H,4,11-13H2,1H3,(H,21,24)(H,23,25). The lowest BCUT2D eigenvalue weighted by atomic mass is 10.0. The molecule has 28 heavy (non-hydrogen) atoms. The summed E-state index contributed by atoms with van der Waals surface area (Å²) in [6.45, 7) is 2.46. The van der Waals surface area contributed by atoms with E-state index in [1.807, 2.05) is 19.1 Å². The molecule has 0 radical (unpaired) electrons. The molecule has 0 fully saturated rings. The summed E-state index contributed by atoms with van der Waals surface area (Å²) in [5.41, 5.74) is 2.42. The first-order valence-corrected chi connectivity index (χ1v) is 10.6. The Morgan fingerprint density at radius 2 is 1.79 bits per heavy atom. The molecule has 1 aliphatic rings. The highest BCUT2D eigenvalue weighted by Gasteiger charge is 2.29. The van der Waals surface area contributed by atoms with Gasteiger partial charge in [-0.25, -0.2) is 13.1 Å². The van der Waals surface area contributed by atoms with E-state index in [9.17, 15) is 18.0 Å². The number of fused-ring (bicyclic) bond motifs is 1. The van der Waals surface area contributed by atoms with Crippen LogP contribution in [0.25, 0.3) is 0 Å². The Morgan fingerprint density at radius 1 is 1.07 bits per heavy atom. The molecule has 0 saturated carbocycles. The lowest BCUT2D eigenvalue weighted by Crippen LogP contribution is -2.32. The number of sulfonamides is 1. The third kappa shape index (κ3) is 4.76. The van der Waals surface area contributed by atoms with Gasteiger partial charge in [-0.1, -0.05) is 35.9 Å². The lowest BCUT2D eigenvalue weighted by Gasteiger charge is -2.12. The maximum atomic E-state index is 12.2. The Kier molecular flexibility index (Phi) is 6.11. The van der Waals surface area contributed by atoms with Crippen molar-refractivity contribution in [2.45, 2.75) is 30.7 Å². The van der Waals surface area contributed by atoms with Gasteiger partial charge in [0.05, 0.1) is 17.4 Å². The zero-order chi connectivity index (χ0) is 20.1. The van der Waals surface area contributed by atoms with Crippen LogP contribution in [0, 0.1) is 6.92 Å². The van der Waals surface area contributed by atoms with Crippen LogP contribution in [0.3, 0.4) is 0 Å². The van der Waals surface area contributed by atoms with E-state index in [4.69, 9.17) is 0 Å². The molecule has 0 saturated heterocycles. The van der Waals surface area contributed by atoms with Gasteiger partial charge < -0.3 is 10.6 Å². The van der Waals surface area contributed by atoms with Gasteiger partial charge in [0.1, 0.15) is 0 Å². The molecular formula is C20H23N3O4S. The zero-order valence-electron chi connectivity index (χ0n) is 15.6. The number of aryl methyl sites for hydroxylation is 1. The average Bonchev–Trinajstić information content (AvgIpc) is 2.98. The summed E-state index contributed by atoms with van der Waals surface area (Å²) in [7, 11) is -3.55. The topological polar surface area (TPSA) is 104 Å². The molecule has 2 aromatic rings. The van der Waals surface area contributed by atoms with Gasteiger partial charge in [-0.05, 0) is 37.1 Å². The summed E-state index contributed by atoms with van der Waals surface area (Å²) < 4.78 is 26.9. The van der Waals surface area contributed by atoms with Gasteiger partial charge in [0, 0.05) is 18.7 Å². The second kappa shape index (κ2) is 8.53. The van der Waals surface area contributed by atoms with Crippen LogP contribution in [0.4, 0.5) is 0 Å². The smallest absolute Gasteiger partial charge is 0.252 e. The van der Waals surface area contributed by atoms with Gasteiger partial charge in [-0.15, -0.1) is 0 Å². The van der Waals surface area contributed by atoms with E-state index in [-0.39, 0.29) is 35.7 Å². The van der Waals surface area contributed by atoms with Crippen molar-refractivity contribution in [3.05, 3.63) is 65.2 Å². The summed E-state index contributed by atoms with van der Waals surface area (Å²) in [6.07, 6.45) is 0.613. The monoisotopic (exact) mass is 401 g/mol. The Balaban J connectivity index is 1.40. The summed E-state index contributed by atoms with van der Waals surface area (Å²) in [5, 5.41) is 5.57. The van der Waals surface area contributed by atoms with Crippen LogP contribution < -0.4 is 15.4 Å². The van der Waals surface area contributed by atoms with E-state index < -0.39 is 10.0 Å². The molecule has 0 spiro atoms. The second-order valence-electron chi connectivity index (χ2n) is 6.73. The van der Waals surface area contributed by atoms with Crippen LogP contribution in [-0.4, -0.2) is 33.3 Å². The molecule has 2 aromatic carbocycles. The van der Waals surface area contributed by atoms with E-state index >= 15 is 0 Å². The average molecular weight is 401 g/mol. The molecule has 0 aromatic heterocycles. The minimum absolute atomic E-state index is 0.151. The van der Waals surface area contributed by atoms with E-state index in [1.165, 1.54) is 0 Å². The predicted octanol–water partition coefficient (Wildman–Crippen LogP) is 1.65. The van der Waals surface area contributed by atoms with Crippen molar-refractivity contribution in [2.75, 3.05) is 13.1 Å². The fourth-order valence-corrected chi connectivity index (χ4v) is 4.14. The number of carbonyl (C=O) groups excluding carboxylic acids is 2. The van der Waals surface area contributed by atoms with Crippen LogP contribution in [0.5, 0.6) is 0 Å². The summed E-state index contributed by atoms with van der Waals surface area (Å²) in [5.74, 6) is -0.359. The number of carbonyl (C=O) groups is 2. The highest BCUT2D eigenvalue weighted by molar-refractivity contribution is 7.89. The van der Waals surface area contributed by atoms with Crippen molar-refractivity contribution in [2.24, 2.45) is 0 Å². The van der Waals surface area contributed by atoms with Crippen LogP contribution >= 0.6 is 0 Å². The zero-order valence-corrected chi connectivity index (χ0v) is 16.4. The van der Waals surface area contributed by atoms with Crippen molar-refractivity contribution < 1.29 is 18.0 Å². The third-order valence-corrected chi connectivity index (χ3v) is 6.05. The molecule has 7 nitrogen and oxygen atoms in total. The van der Waals surface area contributed by atoms with E-state index in [1.54, 1.807) is 36.4 Å². The lowest BCUT2D eigenvalue weighted by molar-refractivity contribution is -0.121. The number of nitrogens with one attached hydrogen (secondary N) is 3. The van der Waals surface area contributed by atoms with Crippen LogP contribution in [0.15, 0.2) is 53.4 Å². The molecule has 8 heteroatoms. The number of rotatable bonds is 8. The van der Waals surface area contributed by atoms with Gasteiger partial charge in [-0.3, -0.25) is 9.59 Å². The van der Waals surface area contributed by atoms with Gasteiger partial charge >= 0.3 is 0 Å². The largest absolute Gasteiger partial charge is 0.356 e.